The lowest BCUT2D eigenvalue weighted by Crippen LogP contribution is -2.38. The van der Waals surface area contributed by atoms with Crippen LogP contribution in [0.2, 0.25) is 0 Å². The molecule has 2 fully saturated rings. The fourth-order valence-electron chi connectivity index (χ4n) is 3.43. The van der Waals surface area contributed by atoms with Gasteiger partial charge in [-0.3, -0.25) is 4.90 Å². The number of para-hydroxylation sites is 1. The van der Waals surface area contributed by atoms with Gasteiger partial charge >= 0.3 is 0 Å². The SMILES string of the molecule is c1ccc2oc(CN(CC3CC3)CC3CCCN3)cc2c1. The molecule has 1 aromatic carbocycles. The zero-order valence-corrected chi connectivity index (χ0v) is 12.6. The number of furan rings is 1. The van der Waals surface area contributed by atoms with E-state index in [1.807, 2.05) is 6.07 Å². The number of nitrogens with zero attached hydrogens (tertiary/aromatic N) is 1. The van der Waals surface area contributed by atoms with Crippen LogP contribution in [0.1, 0.15) is 31.4 Å². The number of rotatable bonds is 6. The Balaban J connectivity index is 1.46. The van der Waals surface area contributed by atoms with Crippen molar-refractivity contribution in [2.24, 2.45) is 5.92 Å². The molecular formula is C18H24N2O. The highest BCUT2D eigenvalue weighted by Gasteiger charge is 2.27. The molecule has 1 atom stereocenters. The van der Waals surface area contributed by atoms with E-state index in [2.05, 4.69) is 34.5 Å². The van der Waals surface area contributed by atoms with Gasteiger partial charge in [-0.15, -0.1) is 0 Å². The van der Waals surface area contributed by atoms with Gasteiger partial charge in [-0.25, -0.2) is 0 Å². The zero-order chi connectivity index (χ0) is 14.1. The van der Waals surface area contributed by atoms with Gasteiger partial charge in [0.1, 0.15) is 11.3 Å². The molecule has 1 unspecified atom stereocenters. The molecule has 1 aliphatic heterocycles. The van der Waals surface area contributed by atoms with E-state index in [1.54, 1.807) is 0 Å². The van der Waals surface area contributed by atoms with E-state index in [4.69, 9.17) is 4.42 Å². The van der Waals surface area contributed by atoms with E-state index >= 15 is 0 Å². The highest BCUT2D eigenvalue weighted by Crippen LogP contribution is 2.31. The average molecular weight is 284 g/mol. The minimum Gasteiger partial charge on any atom is -0.460 e. The lowest BCUT2D eigenvalue weighted by Gasteiger charge is -2.24. The Labute approximate surface area is 126 Å². The van der Waals surface area contributed by atoms with E-state index in [9.17, 15) is 0 Å². The van der Waals surface area contributed by atoms with Crippen molar-refractivity contribution in [3.05, 3.63) is 36.1 Å². The van der Waals surface area contributed by atoms with Gasteiger partial charge < -0.3 is 9.73 Å². The Morgan fingerprint density at radius 3 is 2.81 bits per heavy atom. The standard InChI is InChI=1S/C18H24N2O/c1-2-6-18-15(4-1)10-17(21-18)13-20(11-14-7-8-14)12-16-5-3-9-19-16/h1-2,4,6,10,14,16,19H,3,5,7-9,11-13H2. The van der Waals surface area contributed by atoms with E-state index < -0.39 is 0 Å². The Bertz CT molecular complexity index is 563. The maximum absolute atomic E-state index is 6.00. The van der Waals surface area contributed by atoms with Crippen LogP contribution in [0.25, 0.3) is 11.0 Å². The third-order valence-corrected chi connectivity index (χ3v) is 4.71. The predicted molar refractivity (Wildman–Crippen MR) is 85.2 cm³/mol. The molecular weight excluding hydrogens is 260 g/mol. The number of nitrogens with one attached hydrogen (secondary N) is 1. The minimum atomic E-state index is 0.674. The normalized spacial score (nSPS) is 22.4. The quantitative estimate of drug-likeness (QED) is 0.881. The Hall–Kier alpha value is -1.32. The summed E-state index contributed by atoms with van der Waals surface area (Å²) in [7, 11) is 0. The number of hydrogen-bond donors (Lipinski definition) is 1. The van der Waals surface area contributed by atoms with Crippen molar-refractivity contribution in [2.75, 3.05) is 19.6 Å². The fourth-order valence-corrected chi connectivity index (χ4v) is 3.43. The summed E-state index contributed by atoms with van der Waals surface area (Å²) in [5.41, 5.74) is 1.01. The van der Waals surface area contributed by atoms with Crippen molar-refractivity contribution in [1.82, 2.24) is 10.2 Å². The van der Waals surface area contributed by atoms with Crippen LogP contribution in [-0.4, -0.2) is 30.6 Å². The van der Waals surface area contributed by atoms with Crippen LogP contribution in [0.15, 0.2) is 34.7 Å². The van der Waals surface area contributed by atoms with Crippen molar-refractivity contribution >= 4 is 11.0 Å². The minimum absolute atomic E-state index is 0.674. The molecule has 3 heteroatoms. The molecule has 0 amide bonds. The van der Waals surface area contributed by atoms with Gasteiger partial charge in [0.2, 0.25) is 0 Å². The van der Waals surface area contributed by atoms with Crippen molar-refractivity contribution in [3.63, 3.8) is 0 Å². The maximum atomic E-state index is 6.00. The van der Waals surface area contributed by atoms with Gasteiger partial charge in [-0.2, -0.15) is 0 Å². The summed E-state index contributed by atoms with van der Waals surface area (Å²) in [4.78, 5) is 2.60. The third kappa shape index (κ3) is 3.30. The molecule has 21 heavy (non-hydrogen) atoms. The molecule has 4 rings (SSSR count). The lowest BCUT2D eigenvalue weighted by atomic mass is 10.2. The molecule has 2 aromatic rings. The van der Waals surface area contributed by atoms with Crippen LogP contribution in [0.3, 0.4) is 0 Å². The number of hydrogen-bond acceptors (Lipinski definition) is 3. The van der Waals surface area contributed by atoms with Crippen LogP contribution in [0, 0.1) is 5.92 Å². The molecule has 1 saturated heterocycles. The first-order valence-electron chi connectivity index (χ1n) is 8.30. The molecule has 1 aliphatic carbocycles. The Morgan fingerprint density at radius 1 is 1.14 bits per heavy atom. The molecule has 1 saturated carbocycles. The van der Waals surface area contributed by atoms with Crippen LogP contribution < -0.4 is 5.32 Å². The summed E-state index contributed by atoms with van der Waals surface area (Å²) in [5.74, 6) is 2.03. The van der Waals surface area contributed by atoms with Crippen molar-refractivity contribution < 1.29 is 4.42 Å². The van der Waals surface area contributed by atoms with Crippen LogP contribution in [0.5, 0.6) is 0 Å². The Kier molecular flexibility index (Phi) is 3.70. The molecule has 112 valence electrons. The summed E-state index contributed by atoms with van der Waals surface area (Å²) < 4.78 is 6.00. The highest BCUT2D eigenvalue weighted by molar-refractivity contribution is 5.77. The first kappa shape index (κ1) is 13.4. The van der Waals surface area contributed by atoms with Crippen LogP contribution in [0.4, 0.5) is 0 Å². The second kappa shape index (κ2) is 5.82. The smallest absolute Gasteiger partial charge is 0.134 e. The molecule has 1 aromatic heterocycles. The molecule has 0 radical (unpaired) electrons. The summed E-state index contributed by atoms with van der Waals surface area (Å²) in [6.07, 6.45) is 5.47. The number of benzene rings is 1. The Morgan fingerprint density at radius 2 is 2.05 bits per heavy atom. The van der Waals surface area contributed by atoms with E-state index in [0.717, 1.165) is 30.4 Å². The monoisotopic (exact) mass is 284 g/mol. The highest BCUT2D eigenvalue weighted by atomic mass is 16.3. The largest absolute Gasteiger partial charge is 0.460 e. The number of fused-ring (bicyclic) bond motifs is 1. The summed E-state index contributed by atoms with van der Waals surface area (Å²) >= 11 is 0. The molecule has 2 aliphatic rings. The first-order chi connectivity index (χ1) is 10.4. The second-order valence-electron chi connectivity index (χ2n) is 6.68. The van der Waals surface area contributed by atoms with E-state index in [-0.39, 0.29) is 0 Å². The summed E-state index contributed by atoms with van der Waals surface area (Å²) in [6.45, 7) is 4.53. The second-order valence-corrected chi connectivity index (χ2v) is 6.68. The first-order valence-corrected chi connectivity index (χ1v) is 8.30. The van der Waals surface area contributed by atoms with Crippen molar-refractivity contribution in [1.29, 1.82) is 0 Å². The van der Waals surface area contributed by atoms with Gasteiger partial charge in [0.25, 0.3) is 0 Å². The van der Waals surface area contributed by atoms with Crippen molar-refractivity contribution in [3.8, 4) is 0 Å². The van der Waals surface area contributed by atoms with Crippen molar-refractivity contribution in [2.45, 2.75) is 38.3 Å². The van der Waals surface area contributed by atoms with Gasteiger partial charge in [-0.1, -0.05) is 18.2 Å². The molecule has 0 bridgehead atoms. The lowest BCUT2D eigenvalue weighted by molar-refractivity contribution is 0.217. The fraction of sp³-hybridized carbons (Fsp3) is 0.556. The van der Waals surface area contributed by atoms with Crippen LogP contribution in [-0.2, 0) is 6.54 Å². The summed E-state index contributed by atoms with van der Waals surface area (Å²) in [6, 6.07) is 11.2. The third-order valence-electron chi connectivity index (χ3n) is 4.71. The van der Waals surface area contributed by atoms with E-state index in [1.165, 1.54) is 44.2 Å². The predicted octanol–water partition coefficient (Wildman–Crippen LogP) is 3.40. The molecule has 1 N–H and O–H groups in total. The van der Waals surface area contributed by atoms with E-state index in [0.29, 0.717) is 6.04 Å². The van der Waals surface area contributed by atoms with Gasteiger partial charge in [0.15, 0.2) is 0 Å². The molecule has 2 heterocycles. The van der Waals surface area contributed by atoms with Gasteiger partial charge in [0, 0.05) is 24.5 Å². The summed E-state index contributed by atoms with van der Waals surface area (Å²) in [5, 5.41) is 4.84. The maximum Gasteiger partial charge on any atom is 0.134 e. The van der Waals surface area contributed by atoms with Gasteiger partial charge in [-0.05, 0) is 50.3 Å². The molecule has 0 spiro atoms. The van der Waals surface area contributed by atoms with Gasteiger partial charge in [0.05, 0.1) is 6.54 Å². The zero-order valence-electron chi connectivity index (χ0n) is 12.6. The average Bonchev–Trinajstić information content (AvgIpc) is 3.00. The van der Waals surface area contributed by atoms with Crippen LogP contribution >= 0.6 is 0 Å². The molecule has 3 nitrogen and oxygen atoms in total. The topological polar surface area (TPSA) is 28.4 Å².